The van der Waals surface area contributed by atoms with Gasteiger partial charge < -0.3 is 15.2 Å². The topological polar surface area (TPSA) is 87.3 Å². The molecule has 0 bridgehead atoms. The van der Waals surface area contributed by atoms with Crippen LogP contribution in [0.5, 0.6) is 5.75 Å². The number of nitrogen functional groups attached to an aromatic ring is 1. The molecule has 6 heteroatoms. The van der Waals surface area contributed by atoms with E-state index < -0.39 is 0 Å². The molecule has 0 amide bonds. The number of carbonyl (C=O) groups is 1. The number of aromatic nitrogens is 2. The minimum absolute atomic E-state index is 0.0218. The van der Waals surface area contributed by atoms with Crippen LogP contribution in [-0.2, 0) is 9.53 Å². The van der Waals surface area contributed by atoms with Gasteiger partial charge in [0.1, 0.15) is 0 Å². The molecule has 0 aliphatic carbocycles. The van der Waals surface area contributed by atoms with Crippen molar-refractivity contribution >= 4 is 11.9 Å². The number of anilines is 1. The number of hydrogen-bond acceptors (Lipinski definition) is 6. The van der Waals surface area contributed by atoms with Crippen molar-refractivity contribution in [3.8, 4) is 5.75 Å². The molecule has 0 saturated carbocycles. The maximum atomic E-state index is 11.8. The van der Waals surface area contributed by atoms with Crippen molar-refractivity contribution in [3.63, 3.8) is 0 Å². The van der Waals surface area contributed by atoms with Crippen LogP contribution in [0.25, 0.3) is 0 Å². The number of carbonyl (C=O) groups excluding carboxylic acids is 1. The number of esters is 1. The molecule has 1 atom stereocenters. The summed E-state index contributed by atoms with van der Waals surface area (Å²) >= 11 is 0. The summed E-state index contributed by atoms with van der Waals surface area (Å²) in [6.45, 7) is 5.67. The first-order valence-electron chi connectivity index (χ1n) is 11.5. The first kappa shape index (κ1) is 25.2. The van der Waals surface area contributed by atoms with Crippen molar-refractivity contribution in [1.82, 2.24) is 9.97 Å². The largest absolute Gasteiger partial charge is 0.490 e. The molecule has 0 aliphatic heterocycles. The molecule has 1 unspecified atom stereocenters. The summed E-state index contributed by atoms with van der Waals surface area (Å²) in [7, 11) is 0. The summed E-state index contributed by atoms with van der Waals surface area (Å²) < 4.78 is 11.0. The lowest BCUT2D eigenvalue weighted by atomic mass is 10.0. The van der Waals surface area contributed by atoms with E-state index in [2.05, 4.69) is 23.8 Å². The molecular weight excluding hydrogens is 366 g/mol. The lowest BCUT2D eigenvalue weighted by molar-refractivity contribution is -0.145. The lowest BCUT2D eigenvalue weighted by Gasteiger charge is -2.14. The van der Waals surface area contributed by atoms with Crippen LogP contribution in [0.1, 0.15) is 97.3 Å². The van der Waals surface area contributed by atoms with Gasteiger partial charge in [-0.15, -0.1) is 0 Å². The Morgan fingerprint density at radius 2 is 1.59 bits per heavy atom. The van der Waals surface area contributed by atoms with Crippen LogP contribution in [0.3, 0.4) is 0 Å². The van der Waals surface area contributed by atoms with Gasteiger partial charge in [0.2, 0.25) is 5.95 Å². The normalized spacial score (nSPS) is 11.9. The minimum atomic E-state index is -0.0218. The van der Waals surface area contributed by atoms with Crippen molar-refractivity contribution in [1.29, 1.82) is 0 Å². The Labute approximate surface area is 177 Å². The van der Waals surface area contributed by atoms with E-state index in [4.69, 9.17) is 15.2 Å². The molecule has 166 valence electrons. The van der Waals surface area contributed by atoms with Crippen molar-refractivity contribution < 1.29 is 14.3 Å². The molecule has 1 heterocycles. The van der Waals surface area contributed by atoms with Crippen LogP contribution in [-0.4, -0.2) is 29.2 Å². The van der Waals surface area contributed by atoms with Gasteiger partial charge in [0, 0.05) is 6.42 Å². The fourth-order valence-electron chi connectivity index (χ4n) is 3.20. The fourth-order valence-corrected chi connectivity index (χ4v) is 3.20. The molecule has 0 fully saturated rings. The van der Waals surface area contributed by atoms with Crippen molar-refractivity contribution in [3.05, 3.63) is 12.4 Å². The van der Waals surface area contributed by atoms with Crippen LogP contribution in [0.15, 0.2) is 12.4 Å². The third-order valence-corrected chi connectivity index (χ3v) is 5.22. The van der Waals surface area contributed by atoms with Gasteiger partial charge in [-0.05, 0) is 25.2 Å². The van der Waals surface area contributed by atoms with Gasteiger partial charge >= 0.3 is 5.97 Å². The zero-order valence-corrected chi connectivity index (χ0v) is 18.5. The van der Waals surface area contributed by atoms with Crippen LogP contribution in [0.4, 0.5) is 5.95 Å². The molecule has 29 heavy (non-hydrogen) atoms. The number of nitrogens with zero attached hydrogens (tertiary/aromatic N) is 2. The monoisotopic (exact) mass is 407 g/mol. The second kappa shape index (κ2) is 17.0. The number of ether oxygens (including phenoxy) is 2. The molecule has 1 aromatic rings. The molecule has 0 aromatic carbocycles. The fraction of sp³-hybridized carbons (Fsp3) is 0.783. The van der Waals surface area contributed by atoms with Crippen LogP contribution in [0.2, 0.25) is 0 Å². The van der Waals surface area contributed by atoms with E-state index in [1.165, 1.54) is 51.4 Å². The second-order valence-electron chi connectivity index (χ2n) is 7.80. The number of rotatable bonds is 18. The summed E-state index contributed by atoms with van der Waals surface area (Å²) in [4.78, 5) is 19.6. The highest BCUT2D eigenvalue weighted by atomic mass is 16.5. The van der Waals surface area contributed by atoms with Crippen LogP contribution >= 0.6 is 0 Å². The second-order valence-corrected chi connectivity index (χ2v) is 7.80. The Bertz CT molecular complexity index is 523. The standard InChI is InChI=1S/C23H41N3O3/c1-3-5-14-20(4-2)19-29-22(27)15-12-10-8-6-7-9-11-13-16-28-21-17-25-23(24)26-18-21/h17-18,20H,3-16,19H2,1-2H3,(H2,24,25,26). The third kappa shape index (κ3) is 13.9. The summed E-state index contributed by atoms with van der Waals surface area (Å²) in [5.74, 6) is 1.45. The predicted molar refractivity (Wildman–Crippen MR) is 118 cm³/mol. The third-order valence-electron chi connectivity index (χ3n) is 5.22. The smallest absolute Gasteiger partial charge is 0.305 e. The molecule has 2 N–H and O–H groups in total. The van der Waals surface area contributed by atoms with Gasteiger partial charge in [-0.2, -0.15) is 0 Å². The Hall–Kier alpha value is -1.85. The highest BCUT2D eigenvalue weighted by Gasteiger charge is 2.09. The minimum Gasteiger partial charge on any atom is -0.490 e. The van der Waals surface area contributed by atoms with E-state index in [1.807, 2.05) is 0 Å². The van der Waals surface area contributed by atoms with Crippen LogP contribution < -0.4 is 10.5 Å². The first-order chi connectivity index (χ1) is 14.2. The highest BCUT2D eigenvalue weighted by Crippen LogP contribution is 2.14. The van der Waals surface area contributed by atoms with E-state index in [1.54, 1.807) is 12.4 Å². The molecule has 1 aromatic heterocycles. The summed E-state index contributed by atoms with van der Waals surface area (Å²) in [5.41, 5.74) is 5.44. The SMILES string of the molecule is CCCCC(CC)COC(=O)CCCCCCCCCCOc1cnc(N)nc1. The first-order valence-corrected chi connectivity index (χ1v) is 11.5. The number of hydrogen-bond donors (Lipinski definition) is 1. The molecule has 0 aliphatic rings. The van der Waals surface area contributed by atoms with E-state index in [-0.39, 0.29) is 11.9 Å². The Kier molecular flexibility index (Phi) is 14.8. The average Bonchev–Trinajstić information content (AvgIpc) is 2.73. The van der Waals surface area contributed by atoms with Gasteiger partial charge in [0.25, 0.3) is 0 Å². The molecule has 6 nitrogen and oxygen atoms in total. The highest BCUT2D eigenvalue weighted by molar-refractivity contribution is 5.69. The van der Waals surface area contributed by atoms with E-state index in [0.29, 0.717) is 31.3 Å². The molecule has 0 spiro atoms. The summed E-state index contributed by atoms with van der Waals surface area (Å²) in [5, 5.41) is 0. The average molecular weight is 408 g/mol. The van der Waals surface area contributed by atoms with Gasteiger partial charge in [-0.1, -0.05) is 71.6 Å². The van der Waals surface area contributed by atoms with Gasteiger partial charge in [-0.25, -0.2) is 9.97 Å². The Morgan fingerprint density at radius 1 is 0.966 bits per heavy atom. The zero-order chi connectivity index (χ0) is 21.2. The maximum Gasteiger partial charge on any atom is 0.305 e. The van der Waals surface area contributed by atoms with E-state index in [0.717, 1.165) is 25.7 Å². The summed E-state index contributed by atoms with van der Waals surface area (Å²) in [6.07, 6.45) is 17.6. The Balaban J connectivity index is 1.86. The number of unbranched alkanes of at least 4 members (excludes halogenated alkanes) is 8. The zero-order valence-electron chi connectivity index (χ0n) is 18.5. The van der Waals surface area contributed by atoms with Gasteiger partial charge in [0.15, 0.2) is 5.75 Å². The quantitative estimate of drug-likeness (QED) is 0.248. The summed E-state index contributed by atoms with van der Waals surface area (Å²) in [6, 6.07) is 0. The van der Waals surface area contributed by atoms with Gasteiger partial charge in [0.05, 0.1) is 25.6 Å². The lowest BCUT2D eigenvalue weighted by Crippen LogP contribution is -2.13. The molecule has 0 radical (unpaired) electrons. The van der Waals surface area contributed by atoms with E-state index >= 15 is 0 Å². The predicted octanol–water partition coefficient (Wildman–Crippen LogP) is 5.71. The molecular formula is C23H41N3O3. The van der Waals surface area contributed by atoms with Crippen LogP contribution in [0, 0.1) is 5.92 Å². The van der Waals surface area contributed by atoms with Gasteiger partial charge in [-0.3, -0.25) is 4.79 Å². The van der Waals surface area contributed by atoms with Crippen molar-refractivity contribution in [2.45, 2.75) is 97.3 Å². The van der Waals surface area contributed by atoms with Crippen molar-refractivity contribution in [2.75, 3.05) is 18.9 Å². The van der Waals surface area contributed by atoms with E-state index in [9.17, 15) is 4.79 Å². The maximum absolute atomic E-state index is 11.8. The Morgan fingerprint density at radius 3 is 2.21 bits per heavy atom. The number of nitrogens with two attached hydrogens (primary N) is 1. The molecule has 0 saturated heterocycles. The molecule has 1 rings (SSSR count). The van der Waals surface area contributed by atoms with Crippen molar-refractivity contribution in [2.24, 2.45) is 5.92 Å².